The van der Waals surface area contributed by atoms with E-state index in [0.717, 1.165) is 35.9 Å². The lowest BCUT2D eigenvalue weighted by Gasteiger charge is -2.12. The second kappa shape index (κ2) is 9.98. The first-order chi connectivity index (χ1) is 18.5. The van der Waals surface area contributed by atoms with E-state index in [1.165, 1.54) is 12.1 Å². The Bertz CT molecular complexity index is 1650. The normalized spacial score (nSPS) is 12.6. The summed E-state index contributed by atoms with van der Waals surface area (Å²) in [5.41, 5.74) is 3.83. The molecular weight excluding hydrogens is 510 g/mol. The van der Waals surface area contributed by atoms with Crippen molar-refractivity contribution in [2.75, 3.05) is 11.9 Å². The molecule has 10 heteroatoms. The lowest BCUT2D eigenvalue weighted by atomic mass is 10.1. The van der Waals surface area contributed by atoms with Crippen molar-refractivity contribution in [3.63, 3.8) is 0 Å². The Labute approximate surface area is 222 Å². The largest absolute Gasteiger partial charge is 0.494 e. The molecule has 7 nitrogen and oxygen atoms in total. The van der Waals surface area contributed by atoms with Gasteiger partial charge in [0, 0.05) is 46.7 Å². The zero-order chi connectivity index (χ0) is 26.2. The van der Waals surface area contributed by atoms with E-state index in [2.05, 4.69) is 10.3 Å². The molecule has 0 saturated heterocycles. The fraction of sp³-hybridized carbons (Fsp3) is 0.214. The zero-order valence-corrected chi connectivity index (χ0v) is 21.3. The van der Waals surface area contributed by atoms with E-state index in [1.807, 2.05) is 24.3 Å². The van der Waals surface area contributed by atoms with Crippen molar-refractivity contribution in [1.29, 1.82) is 0 Å². The van der Waals surface area contributed by atoms with E-state index in [0.29, 0.717) is 40.2 Å². The van der Waals surface area contributed by atoms with Gasteiger partial charge < -0.3 is 10.1 Å². The predicted molar refractivity (Wildman–Crippen MR) is 142 cm³/mol. The van der Waals surface area contributed by atoms with Crippen LogP contribution in [0.2, 0.25) is 5.02 Å². The van der Waals surface area contributed by atoms with Crippen LogP contribution >= 0.6 is 11.6 Å². The molecule has 0 aliphatic heterocycles. The number of benzene rings is 2. The van der Waals surface area contributed by atoms with Crippen LogP contribution in [0.25, 0.3) is 22.4 Å². The van der Waals surface area contributed by atoms with Crippen molar-refractivity contribution < 1.29 is 13.5 Å². The number of aromatic nitrogens is 5. The average Bonchev–Trinajstić information content (AvgIpc) is 3.53. The lowest BCUT2D eigenvalue weighted by molar-refractivity contribution is 0.335. The number of fused-ring (bicyclic) bond motifs is 2. The highest BCUT2D eigenvalue weighted by Crippen LogP contribution is 2.34. The van der Waals surface area contributed by atoms with Crippen LogP contribution in [0.5, 0.6) is 5.75 Å². The molecule has 3 heterocycles. The predicted octanol–water partition coefficient (Wildman–Crippen LogP) is 6.50. The van der Waals surface area contributed by atoms with Gasteiger partial charge in [-0.05, 0) is 38.3 Å². The van der Waals surface area contributed by atoms with Gasteiger partial charge in [-0.1, -0.05) is 29.8 Å². The maximum Gasteiger partial charge on any atom is 0.182 e. The summed E-state index contributed by atoms with van der Waals surface area (Å²) in [5, 5.41) is 9.35. The standard InChI is InChI=1S/C28H23ClF2N6O/c1-2-38-16-12-21(30)19(22(31)13-16)15-37-25-9-4-3-6-18(25)26(36-37)28-33-23-8-5-7-17(23)27(35-28)34-24-10-11-32-14-20(24)29/h3-4,6,9-14H,2,5,7-8,15H2,1H3,(H,32,33,34,35). The van der Waals surface area contributed by atoms with Gasteiger partial charge in [0.1, 0.15) is 28.9 Å². The van der Waals surface area contributed by atoms with Crippen LogP contribution in [-0.4, -0.2) is 31.3 Å². The zero-order valence-electron chi connectivity index (χ0n) is 20.5. The topological polar surface area (TPSA) is 77.8 Å². The third-order valence-electron chi connectivity index (χ3n) is 6.56. The fourth-order valence-electron chi connectivity index (χ4n) is 4.79. The van der Waals surface area contributed by atoms with Crippen LogP contribution in [0.4, 0.5) is 20.3 Å². The molecule has 2 aromatic carbocycles. The minimum absolute atomic E-state index is 0.0992. The summed E-state index contributed by atoms with van der Waals surface area (Å²) in [6.45, 7) is 1.97. The molecule has 0 radical (unpaired) electrons. The van der Waals surface area contributed by atoms with Gasteiger partial charge in [-0.25, -0.2) is 18.7 Å². The van der Waals surface area contributed by atoms with Crippen LogP contribution in [0, 0.1) is 11.6 Å². The third kappa shape index (κ3) is 4.43. The van der Waals surface area contributed by atoms with Crippen molar-refractivity contribution in [1.82, 2.24) is 24.7 Å². The van der Waals surface area contributed by atoms with E-state index in [4.69, 9.17) is 31.4 Å². The molecule has 3 aromatic heterocycles. The van der Waals surface area contributed by atoms with Gasteiger partial charge in [0.2, 0.25) is 0 Å². The summed E-state index contributed by atoms with van der Waals surface area (Å²) in [6.07, 6.45) is 5.88. The summed E-state index contributed by atoms with van der Waals surface area (Å²) in [6, 6.07) is 11.7. The van der Waals surface area contributed by atoms with E-state index in [-0.39, 0.29) is 17.9 Å². The van der Waals surface area contributed by atoms with Gasteiger partial charge in [-0.2, -0.15) is 5.10 Å². The van der Waals surface area contributed by atoms with E-state index in [9.17, 15) is 8.78 Å². The summed E-state index contributed by atoms with van der Waals surface area (Å²) in [7, 11) is 0. The Morgan fingerprint density at radius 3 is 2.68 bits per heavy atom. The molecular formula is C28H23ClF2N6O. The van der Waals surface area contributed by atoms with Gasteiger partial charge in [0.15, 0.2) is 5.82 Å². The number of hydrogen-bond donors (Lipinski definition) is 1. The molecule has 6 rings (SSSR count). The third-order valence-corrected chi connectivity index (χ3v) is 6.86. The summed E-state index contributed by atoms with van der Waals surface area (Å²) in [5.74, 6) is -0.134. The van der Waals surface area contributed by atoms with Crippen LogP contribution in [0.3, 0.4) is 0 Å². The maximum absolute atomic E-state index is 14.9. The molecule has 0 fully saturated rings. The van der Waals surface area contributed by atoms with Crippen molar-refractivity contribution in [2.24, 2.45) is 0 Å². The number of anilines is 2. The van der Waals surface area contributed by atoms with Gasteiger partial charge in [0.05, 0.1) is 29.4 Å². The van der Waals surface area contributed by atoms with Gasteiger partial charge in [-0.15, -0.1) is 0 Å². The minimum Gasteiger partial charge on any atom is -0.494 e. The minimum atomic E-state index is -0.691. The Balaban J connectivity index is 1.44. The number of hydrogen-bond acceptors (Lipinski definition) is 6. The lowest BCUT2D eigenvalue weighted by Crippen LogP contribution is -2.08. The monoisotopic (exact) mass is 532 g/mol. The van der Waals surface area contributed by atoms with Crippen LogP contribution in [0.1, 0.15) is 30.2 Å². The van der Waals surface area contributed by atoms with Gasteiger partial charge in [-0.3, -0.25) is 9.67 Å². The van der Waals surface area contributed by atoms with E-state index >= 15 is 0 Å². The molecule has 1 aliphatic rings. The van der Waals surface area contributed by atoms with Crippen LogP contribution in [-0.2, 0) is 19.4 Å². The molecule has 0 unspecified atom stereocenters. The number of halogens is 3. The van der Waals surface area contributed by atoms with E-state index < -0.39 is 11.6 Å². The number of pyridine rings is 1. The number of ether oxygens (including phenoxy) is 1. The first kappa shape index (κ1) is 24.2. The molecule has 5 aromatic rings. The molecule has 38 heavy (non-hydrogen) atoms. The summed E-state index contributed by atoms with van der Waals surface area (Å²) >= 11 is 6.34. The maximum atomic E-state index is 14.9. The molecule has 1 aliphatic carbocycles. The average molecular weight is 533 g/mol. The number of nitrogens with zero attached hydrogens (tertiary/aromatic N) is 5. The summed E-state index contributed by atoms with van der Waals surface area (Å²) in [4.78, 5) is 13.7. The fourth-order valence-corrected chi connectivity index (χ4v) is 4.96. The highest BCUT2D eigenvalue weighted by Gasteiger charge is 2.24. The number of nitrogens with one attached hydrogen (secondary N) is 1. The highest BCUT2D eigenvalue weighted by atomic mass is 35.5. The number of para-hydroxylation sites is 1. The Hall–Kier alpha value is -4.11. The second-order valence-corrected chi connectivity index (χ2v) is 9.38. The molecule has 1 N–H and O–H groups in total. The smallest absolute Gasteiger partial charge is 0.182 e. The summed E-state index contributed by atoms with van der Waals surface area (Å²) < 4.78 is 36.6. The van der Waals surface area contributed by atoms with Crippen molar-refractivity contribution >= 4 is 34.0 Å². The number of aryl methyl sites for hydroxylation is 1. The second-order valence-electron chi connectivity index (χ2n) is 8.98. The first-order valence-electron chi connectivity index (χ1n) is 12.3. The van der Waals surface area contributed by atoms with Crippen LogP contribution < -0.4 is 10.1 Å². The van der Waals surface area contributed by atoms with E-state index in [1.54, 1.807) is 30.1 Å². The quantitative estimate of drug-likeness (QED) is 0.258. The SMILES string of the molecule is CCOc1cc(F)c(Cn2nc(-c3nc4c(c(Nc5ccncc5Cl)n3)CCC4)c3ccccc32)c(F)c1. The van der Waals surface area contributed by atoms with Crippen molar-refractivity contribution in [3.05, 3.63) is 88.3 Å². The van der Waals surface area contributed by atoms with Crippen molar-refractivity contribution in [3.8, 4) is 17.3 Å². The first-order valence-corrected chi connectivity index (χ1v) is 12.7. The molecule has 192 valence electrons. The number of rotatable bonds is 7. The van der Waals surface area contributed by atoms with Gasteiger partial charge in [0.25, 0.3) is 0 Å². The van der Waals surface area contributed by atoms with Crippen molar-refractivity contribution in [2.45, 2.75) is 32.7 Å². The molecule has 0 amide bonds. The Kier molecular flexibility index (Phi) is 6.37. The van der Waals surface area contributed by atoms with Crippen LogP contribution in [0.15, 0.2) is 54.9 Å². The Morgan fingerprint density at radius 1 is 1.08 bits per heavy atom. The van der Waals surface area contributed by atoms with Gasteiger partial charge >= 0.3 is 0 Å². The highest BCUT2D eigenvalue weighted by molar-refractivity contribution is 6.33. The Morgan fingerprint density at radius 2 is 1.89 bits per heavy atom. The molecule has 0 atom stereocenters. The molecule has 0 bridgehead atoms. The molecule has 0 spiro atoms. The molecule has 0 saturated carbocycles.